The summed E-state index contributed by atoms with van der Waals surface area (Å²) in [6.45, 7) is 5.90. The van der Waals surface area contributed by atoms with Crippen LogP contribution in [0.5, 0.6) is 0 Å². The lowest BCUT2D eigenvalue weighted by atomic mass is 9.75. The van der Waals surface area contributed by atoms with Gasteiger partial charge in [-0.2, -0.15) is 0 Å². The topological polar surface area (TPSA) is 65.1 Å². The van der Waals surface area contributed by atoms with Crippen LogP contribution in [0.3, 0.4) is 0 Å². The highest BCUT2D eigenvalue weighted by Crippen LogP contribution is 2.60. The maximum atomic E-state index is 11.8. The van der Waals surface area contributed by atoms with Crippen molar-refractivity contribution >= 4 is 11.9 Å². The largest absolute Gasteiger partial charge is 0.466 e. The van der Waals surface area contributed by atoms with Crippen molar-refractivity contribution in [2.24, 2.45) is 5.92 Å². The summed E-state index contributed by atoms with van der Waals surface area (Å²) in [5, 5.41) is 0. The van der Waals surface area contributed by atoms with E-state index in [0.29, 0.717) is 18.4 Å². The minimum Gasteiger partial charge on any atom is -0.466 e. The molecule has 5 nitrogen and oxygen atoms in total. The Morgan fingerprint density at radius 3 is 2.67 bits per heavy atom. The Labute approximate surface area is 124 Å². The van der Waals surface area contributed by atoms with Crippen LogP contribution in [-0.2, 0) is 23.8 Å². The summed E-state index contributed by atoms with van der Waals surface area (Å²) in [5.74, 6) is -0.244. The first-order valence-electron chi connectivity index (χ1n) is 7.53. The van der Waals surface area contributed by atoms with Crippen molar-refractivity contribution in [1.82, 2.24) is 0 Å². The van der Waals surface area contributed by atoms with Gasteiger partial charge in [0.05, 0.1) is 7.11 Å². The molecule has 3 aliphatic rings. The fourth-order valence-corrected chi connectivity index (χ4v) is 4.12. The number of esters is 2. The molecule has 0 aromatic rings. The van der Waals surface area contributed by atoms with Gasteiger partial charge in [0.1, 0.15) is 17.3 Å². The molecule has 0 N–H and O–H groups in total. The highest BCUT2D eigenvalue weighted by molar-refractivity contribution is 5.89. The van der Waals surface area contributed by atoms with Gasteiger partial charge < -0.3 is 14.2 Å². The summed E-state index contributed by atoms with van der Waals surface area (Å²) >= 11 is 0. The molecule has 2 heterocycles. The Balaban J connectivity index is 1.99. The van der Waals surface area contributed by atoms with E-state index in [4.69, 9.17) is 14.2 Å². The minimum atomic E-state index is -0.549. The lowest BCUT2D eigenvalue weighted by molar-refractivity contribution is -0.160. The fraction of sp³-hybridized carbons (Fsp3) is 0.750. The minimum absolute atomic E-state index is 0.144. The van der Waals surface area contributed by atoms with Crippen LogP contribution in [0.25, 0.3) is 0 Å². The highest BCUT2D eigenvalue weighted by Gasteiger charge is 2.73. The van der Waals surface area contributed by atoms with Gasteiger partial charge in [0.25, 0.3) is 0 Å². The summed E-state index contributed by atoms with van der Waals surface area (Å²) in [7, 11) is 1.39. The average Bonchev–Trinajstić information content (AvgIpc) is 2.99. The van der Waals surface area contributed by atoms with Gasteiger partial charge in [-0.05, 0) is 38.2 Å². The molecule has 3 rings (SSSR count). The molecule has 0 aromatic carbocycles. The third kappa shape index (κ3) is 1.86. The number of ether oxygens (including phenoxy) is 3. The lowest BCUT2D eigenvalue weighted by Gasteiger charge is -2.36. The first kappa shape index (κ1) is 14.6. The second-order valence-corrected chi connectivity index (χ2v) is 6.55. The van der Waals surface area contributed by atoms with Gasteiger partial charge in [0.2, 0.25) is 0 Å². The molecular weight excluding hydrogens is 272 g/mol. The molecule has 2 aliphatic heterocycles. The lowest BCUT2D eigenvalue weighted by Crippen LogP contribution is -2.49. The average molecular weight is 294 g/mol. The van der Waals surface area contributed by atoms with Crippen molar-refractivity contribution in [3.05, 3.63) is 11.1 Å². The van der Waals surface area contributed by atoms with Crippen molar-refractivity contribution < 1.29 is 23.8 Å². The maximum Gasteiger partial charge on any atom is 0.333 e. The van der Waals surface area contributed by atoms with Gasteiger partial charge in [-0.3, -0.25) is 4.79 Å². The van der Waals surface area contributed by atoms with E-state index in [1.54, 1.807) is 6.92 Å². The SMILES string of the molecule is COC(=O)/C(C)=C1/CC[C@@H](C)[C@]2(CCC(=O)O2)[C@]2(C)O[C@H]12. The molecule has 4 atom stereocenters. The second-order valence-electron chi connectivity index (χ2n) is 6.55. The molecule has 116 valence electrons. The maximum absolute atomic E-state index is 11.8. The standard InChI is InChI=1S/C16H22O5/c1-9-5-6-11(10(2)14(18)19-4)13-15(3,21-13)16(9)8-7-12(17)20-16/h9,13H,5-8H2,1-4H3/b11-10-/t9-,13-,15-,16-/m1/s1. The van der Waals surface area contributed by atoms with E-state index in [-0.39, 0.29) is 24.0 Å². The van der Waals surface area contributed by atoms with E-state index >= 15 is 0 Å². The Bertz CT molecular complexity index is 537. The molecule has 21 heavy (non-hydrogen) atoms. The Hall–Kier alpha value is -1.36. The molecule has 0 radical (unpaired) electrons. The van der Waals surface area contributed by atoms with Crippen LogP contribution < -0.4 is 0 Å². The van der Waals surface area contributed by atoms with Crippen molar-refractivity contribution in [1.29, 1.82) is 0 Å². The van der Waals surface area contributed by atoms with Gasteiger partial charge in [-0.15, -0.1) is 0 Å². The molecule has 0 aromatic heterocycles. The van der Waals surface area contributed by atoms with Gasteiger partial charge in [0, 0.05) is 18.4 Å². The highest BCUT2D eigenvalue weighted by atomic mass is 16.7. The summed E-state index contributed by atoms with van der Waals surface area (Å²) in [5.41, 5.74) is 0.558. The van der Waals surface area contributed by atoms with Gasteiger partial charge in [-0.25, -0.2) is 4.79 Å². The predicted molar refractivity (Wildman–Crippen MR) is 74.4 cm³/mol. The summed E-state index contributed by atoms with van der Waals surface area (Å²) in [6, 6.07) is 0. The molecule has 0 bridgehead atoms. The molecule has 2 saturated heterocycles. The zero-order valence-electron chi connectivity index (χ0n) is 13.0. The van der Waals surface area contributed by atoms with E-state index in [1.807, 2.05) is 6.92 Å². The Morgan fingerprint density at radius 1 is 1.38 bits per heavy atom. The fourth-order valence-electron chi connectivity index (χ4n) is 4.12. The number of epoxide rings is 1. The van der Waals surface area contributed by atoms with Crippen molar-refractivity contribution in [2.75, 3.05) is 7.11 Å². The van der Waals surface area contributed by atoms with Gasteiger partial charge in [-0.1, -0.05) is 6.92 Å². The van der Waals surface area contributed by atoms with Crippen molar-refractivity contribution in [3.8, 4) is 0 Å². The van der Waals surface area contributed by atoms with Crippen LogP contribution >= 0.6 is 0 Å². The molecule has 5 heteroatoms. The Morgan fingerprint density at radius 2 is 2.10 bits per heavy atom. The third-order valence-electron chi connectivity index (χ3n) is 5.57. The van der Waals surface area contributed by atoms with Gasteiger partial charge >= 0.3 is 11.9 Å². The summed E-state index contributed by atoms with van der Waals surface area (Å²) in [6.07, 6.45) is 2.66. The van der Waals surface area contributed by atoms with Crippen LogP contribution in [-0.4, -0.2) is 36.4 Å². The van der Waals surface area contributed by atoms with Crippen LogP contribution in [0, 0.1) is 5.92 Å². The smallest absolute Gasteiger partial charge is 0.333 e. The predicted octanol–water partition coefficient (Wildman–Crippen LogP) is 2.14. The molecular formula is C16H22O5. The number of rotatable bonds is 1. The number of carbonyl (C=O) groups is 2. The monoisotopic (exact) mass is 294 g/mol. The number of fused-ring (bicyclic) bond motifs is 2. The first-order valence-corrected chi connectivity index (χ1v) is 7.53. The van der Waals surface area contributed by atoms with E-state index in [1.165, 1.54) is 7.11 Å². The van der Waals surface area contributed by atoms with E-state index in [9.17, 15) is 9.59 Å². The van der Waals surface area contributed by atoms with Crippen LogP contribution in [0.15, 0.2) is 11.1 Å². The van der Waals surface area contributed by atoms with Crippen LogP contribution in [0.2, 0.25) is 0 Å². The zero-order chi connectivity index (χ0) is 15.4. The zero-order valence-corrected chi connectivity index (χ0v) is 13.0. The molecule has 1 aliphatic carbocycles. The van der Waals surface area contributed by atoms with E-state index in [0.717, 1.165) is 18.4 Å². The van der Waals surface area contributed by atoms with Crippen LogP contribution in [0.4, 0.5) is 0 Å². The number of hydrogen-bond donors (Lipinski definition) is 0. The molecule has 0 amide bonds. The normalized spacial score (nSPS) is 43.9. The number of methoxy groups -OCH3 is 1. The summed E-state index contributed by atoms with van der Waals surface area (Å²) < 4.78 is 16.6. The van der Waals surface area contributed by atoms with Gasteiger partial charge in [0.15, 0.2) is 0 Å². The number of hydrogen-bond acceptors (Lipinski definition) is 5. The third-order valence-corrected chi connectivity index (χ3v) is 5.57. The first-order chi connectivity index (χ1) is 9.85. The molecule has 0 unspecified atom stereocenters. The molecule has 3 fully saturated rings. The van der Waals surface area contributed by atoms with E-state index in [2.05, 4.69) is 6.92 Å². The quantitative estimate of drug-likeness (QED) is 0.421. The Kier molecular flexibility index (Phi) is 3.17. The van der Waals surface area contributed by atoms with E-state index < -0.39 is 11.2 Å². The number of carbonyl (C=O) groups excluding carboxylic acids is 2. The van der Waals surface area contributed by atoms with Crippen molar-refractivity contribution in [3.63, 3.8) is 0 Å². The molecule has 1 saturated carbocycles. The molecule has 1 spiro atoms. The summed E-state index contributed by atoms with van der Waals surface area (Å²) in [4.78, 5) is 23.5. The van der Waals surface area contributed by atoms with Crippen LogP contribution in [0.1, 0.15) is 46.5 Å². The second kappa shape index (κ2) is 4.57. The van der Waals surface area contributed by atoms with Crippen molar-refractivity contribution in [2.45, 2.75) is 63.8 Å².